The maximum Gasteiger partial charge on any atom is 0.421 e. The normalized spacial score (nSPS) is 20.3. The molecule has 0 bridgehead atoms. The number of anilines is 1. The van der Waals surface area contributed by atoms with Crippen LogP contribution in [-0.2, 0) is 15.6 Å². The number of alkyl halides is 3. The van der Waals surface area contributed by atoms with Gasteiger partial charge < -0.3 is 10.0 Å². The van der Waals surface area contributed by atoms with Gasteiger partial charge in [-0.2, -0.15) is 17.5 Å². The Hall–Kier alpha value is -2.20. The maximum atomic E-state index is 13.0. The highest BCUT2D eigenvalue weighted by Crippen LogP contribution is 2.38. The second-order valence-corrected chi connectivity index (χ2v) is 9.85. The summed E-state index contributed by atoms with van der Waals surface area (Å²) >= 11 is 1.12. The molecule has 0 spiro atoms. The minimum atomic E-state index is -4.88. The Balaban J connectivity index is 1.84. The first-order chi connectivity index (χ1) is 14.0. The predicted molar refractivity (Wildman–Crippen MR) is 105 cm³/mol. The van der Waals surface area contributed by atoms with Crippen LogP contribution in [0.5, 0.6) is 0 Å². The van der Waals surface area contributed by atoms with Gasteiger partial charge in [0, 0.05) is 37.6 Å². The van der Waals surface area contributed by atoms with E-state index in [0.29, 0.717) is 6.92 Å². The van der Waals surface area contributed by atoms with Gasteiger partial charge in [0.15, 0.2) is 5.60 Å². The zero-order valence-corrected chi connectivity index (χ0v) is 17.7. The molecule has 0 unspecified atom stereocenters. The standard InChI is InChI=1S/C18H19F3N4O3S2/c1-3-5-14-12-24(30(27,28)15-6-4-9-29-15)7-8-25(14)16-22-10-13(11-23-16)17(2,26)18(19,20)21/h4,6,9-11,14,26H,7-8,12H2,1-2H3/t14-,17+/m0/s1. The first-order valence-electron chi connectivity index (χ1n) is 8.82. The number of aliphatic hydroxyl groups is 1. The number of piperazine rings is 1. The van der Waals surface area contributed by atoms with E-state index in [1.165, 1.54) is 10.4 Å². The number of hydrogen-bond acceptors (Lipinski definition) is 7. The van der Waals surface area contributed by atoms with Crippen molar-refractivity contribution in [2.75, 3.05) is 24.5 Å². The number of nitrogens with zero attached hydrogens (tertiary/aromatic N) is 4. The first-order valence-corrected chi connectivity index (χ1v) is 11.1. The van der Waals surface area contributed by atoms with Gasteiger partial charge in [-0.3, -0.25) is 0 Å². The third kappa shape index (κ3) is 4.15. The van der Waals surface area contributed by atoms with Crippen LogP contribution >= 0.6 is 11.3 Å². The van der Waals surface area contributed by atoms with Crippen LogP contribution in [-0.4, -0.2) is 59.6 Å². The van der Waals surface area contributed by atoms with E-state index < -0.39 is 33.4 Å². The summed E-state index contributed by atoms with van der Waals surface area (Å²) in [6, 6.07) is 2.61. The van der Waals surface area contributed by atoms with Gasteiger partial charge in [0.1, 0.15) is 10.3 Å². The zero-order valence-electron chi connectivity index (χ0n) is 16.1. The fourth-order valence-corrected chi connectivity index (χ4v) is 5.51. The van der Waals surface area contributed by atoms with Crippen molar-refractivity contribution in [3.63, 3.8) is 0 Å². The zero-order chi connectivity index (χ0) is 22.2. The molecule has 12 heteroatoms. The van der Waals surface area contributed by atoms with E-state index in [1.807, 2.05) is 0 Å². The minimum Gasteiger partial charge on any atom is -0.376 e. The molecule has 1 saturated heterocycles. The van der Waals surface area contributed by atoms with Crippen molar-refractivity contribution in [3.8, 4) is 11.8 Å². The van der Waals surface area contributed by atoms with Crippen LogP contribution < -0.4 is 4.90 Å². The molecule has 1 fully saturated rings. The molecule has 0 radical (unpaired) electrons. The molecule has 2 aromatic rings. The van der Waals surface area contributed by atoms with Gasteiger partial charge in [0.05, 0.1) is 0 Å². The van der Waals surface area contributed by atoms with Crippen LogP contribution in [0.25, 0.3) is 0 Å². The molecule has 1 aliphatic heterocycles. The van der Waals surface area contributed by atoms with Gasteiger partial charge in [-0.05, 0) is 25.3 Å². The average molecular weight is 461 g/mol. The van der Waals surface area contributed by atoms with Crippen LogP contribution in [0.2, 0.25) is 0 Å². The van der Waals surface area contributed by atoms with Gasteiger partial charge in [0.2, 0.25) is 5.95 Å². The van der Waals surface area contributed by atoms with Crippen molar-refractivity contribution in [3.05, 3.63) is 35.5 Å². The molecule has 7 nitrogen and oxygen atoms in total. The summed E-state index contributed by atoms with van der Waals surface area (Å²) in [5.74, 6) is 5.77. The van der Waals surface area contributed by atoms with Crippen LogP contribution in [0.4, 0.5) is 19.1 Å². The summed E-state index contributed by atoms with van der Waals surface area (Å²) in [5.41, 5.74) is -3.57. The van der Waals surface area contributed by atoms with Crippen LogP contribution in [0, 0.1) is 11.8 Å². The van der Waals surface area contributed by atoms with Crippen molar-refractivity contribution < 1.29 is 26.7 Å². The Bertz CT molecular complexity index is 1040. The van der Waals surface area contributed by atoms with Crippen molar-refractivity contribution >= 4 is 27.3 Å². The molecule has 3 rings (SSSR count). The van der Waals surface area contributed by atoms with Crippen LogP contribution in [0.15, 0.2) is 34.1 Å². The molecule has 2 atom stereocenters. The van der Waals surface area contributed by atoms with Crippen molar-refractivity contribution in [1.29, 1.82) is 0 Å². The fraction of sp³-hybridized carbons (Fsp3) is 0.444. The third-order valence-corrected chi connectivity index (χ3v) is 7.99. The Morgan fingerprint density at radius 1 is 1.27 bits per heavy atom. The molecule has 3 heterocycles. The highest BCUT2D eigenvalue weighted by molar-refractivity contribution is 7.91. The molecule has 162 valence electrons. The molecular formula is C18H19F3N4O3S2. The number of halogens is 3. The maximum absolute atomic E-state index is 13.0. The largest absolute Gasteiger partial charge is 0.421 e. The van der Waals surface area contributed by atoms with Gasteiger partial charge in [-0.25, -0.2) is 18.4 Å². The van der Waals surface area contributed by atoms with Gasteiger partial charge >= 0.3 is 6.18 Å². The molecule has 0 aliphatic carbocycles. The Morgan fingerprint density at radius 2 is 1.93 bits per heavy atom. The van der Waals surface area contributed by atoms with E-state index in [2.05, 4.69) is 21.8 Å². The molecule has 2 aromatic heterocycles. The summed E-state index contributed by atoms with van der Waals surface area (Å²) in [6.07, 6.45) is -3.04. The summed E-state index contributed by atoms with van der Waals surface area (Å²) in [4.78, 5) is 9.59. The van der Waals surface area contributed by atoms with Gasteiger partial charge in [0.25, 0.3) is 10.0 Å². The Labute approximate surface area is 176 Å². The highest BCUT2D eigenvalue weighted by Gasteiger charge is 2.51. The van der Waals surface area contributed by atoms with Crippen molar-refractivity contribution in [2.45, 2.75) is 35.9 Å². The van der Waals surface area contributed by atoms with Crippen LogP contribution in [0.1, 0.15) is 19.4 Å². The quantitative estimate of drug-likeness (QED) is 0.705. The van der Waals surface area contributed by atoms with E-state index in [9.17, 15) is 26.7 Å². The number of rotatable bonds is 4. The summed E-state index contributed by atoms with van der Waals surface area (Å²) < 4.78 is 66.2. The summed E-state index contributed by atoms with van der Waals surface area (Å²) in [6.45, 7) is 2.65. The number of aromatic nitrogens is 2. The second-order valence-electron chi connectivity index (χ2n) is 6.74. The lowest BCUT2D eigenvalue weighted by Gasteiger charge is -2.38. The highest BCUT2D eigenvalue weighted by atomic mass is 32.2. The Kier molecular flexibility index (Phi) is 6.10. The van der Waals surface area contributed by atoms with E-state index >= 15 is 0 Å². The molecule has 0 saturated carbocycles. The molecule has 0 amide bonds. The van der Waals surface area contributed by atoms with E-state index in [4.69, 9.17) is 0 Å². The fourth-order valence-electron chi connectivity index (χ4n) is 2.93. The lowest BCUT2D eigenvalue weighted by Crippen LogP contribution is -2.54. The van der Waals surface area contributed by atoms with Crippen molar-refractivity contribution in [2.24, 2.45) is 0 Å². The van der Waals surface area contributed by atoms with E-state index in [0.717, 1.165) is 23.7 Å². The topological polar surface area (TPSA) is 86.6 Å². The number of hydrogen-bond donors (Lipinski definition) is 1. The van der Waals surface area contributed by atoms with Gasteiger partial charge in [-0.1, -0.05) is 12.0 Å². The molecule has 1 aliphatic rings. The lowest BCUT2D eigenvalue weighted by molar-refractivity contribution is -0.259. The summed E-state index contributed by atoms with van der Waals surface area (Å²) in [5, 5.41) is 11.4. The minimum absolute atomic E-state index is 0.0620. The van der Waals surface area contributed by atoms with Crippen molar-refractivity contribution in [1.82, 2.24) is 14.3 Å². The van der Waals surface area contributed by atoms with E-state index in [-0.39, 0.29) is 29.8 Å². The average Bonchev–Trinajstić information content (AvgIpc) is 3.23. The number of sulfonamides is 1. The predicted octanol–water partition coefficient (Wildman–Crippen LogP) is 2.21. The summed E-state index contributed by atoms with van der Waals surface area (Å²) in [7, 11) is -3.66. The third-order valence-electron chi connectivity index (χ3n) is 4.75. The molecule has 0 aromatic carbocycles. The number of thiophene rings is 1. The second kappa shape index (κ2) is 8.14. The van der Waals surface area contributed by atoms with Crippen LogP contribution in [0.3, 0.4) is 0 Å². The SMILES string of the molecule is CC#C[C@H]1CN(S(=O)(=O)c2cccs2)CCN1c1ncc([C@@](C)(O)C(F)(F)F)cn1. The smallest absolute Gasteiger partial charge is 0.376 e. The lowest BCUT2D eigenvalue weighted by atomic mass is 9.99. The molecule has 30 heavy (non-hydrogen) atoms. The monoisotopic (exact) mass is 460 g/mol. The Morgan fingerprint density at radius 3 is 2.47 bits per heavy atom. The first kappa shape index (κ1) is 22.5. The van der Waals surface area contributed by atoms with Gasteiger partial charge in [-0.15, -0.1) is 17.3 Å². The van der Waals surface area contributed by atoms with E-state index in [1.54, 1.807) is 23.3 Å². The molecule has 1 N–H and O–H groups in total. The molecular weight excluding hydrogens is 441 g/mol.